The highest BCUT2D eigenvalue weighted by Gasteiger charge is 2.59. The van der Waals surface area contributed by atoms with Gasteiger partial charge < -0.3 is 40.2 Å². The molecule has 328 valence electrons. The molecule has 4 aromatic rings. The summed E-state index contributed by atoms with van der Waals surface area (Å²) in [4.78, 5) is 77.2. The standard InChI is InChI=1S/C22H22BrClN2O5.C22H22ClFN2O5/c1-21-7-2-3-8-22(21,31)11-26-10-13(17(27)18(28)16(26)19(21)29)20(30)25-9-12-5-4-6-14(24)15(12)23;1-21-7-2-3-8-22(21,31)11-26-10-13(17(27)18(28)16(26)19(21)29)20(30)25-9-12-5-4-6-14(23)15(12)24/h2*4-6,10,28,31H,2-3,7-9,11H2,1H3,(H,25,30)/t2*21-,22-/m01/s1. The van der Waals surface area contributed by atoms with Crippen LogP contribution in [0.2, 0.25) is 10.0 Å². The van der Waals surface area contributed by atoms with Gasteiger partial charge in [0.15, 0.2) is 23.1 Å². The van der Waals surface area contributed by atoms with Gasteiger partial charge in [-0.3, -0.25) is 28.8 Å². The fourth-order valence-electron chi connectivity index (χ4n) is 9.31. The number of nitrogens with one attached hydrogen (secondary N) is 2. The first-order chi connectivity index (χ1) is 29.2. The molecule has 4 heterocycles. The second kappa shape index (κ2) is 16.7. The van der Waals surface area contributed by atoms with Gasteiger partial charge in [-0.05, 0) is 73.2 Å². The molecular weight excluding hydrogens is 914 g/mol. The number of ketones is 2. The van der Waals surface area contributed by atoms with Crippen LogP contribution < -0.4 is 21.5 Å². The molecule has 0 saturated heterocycles. The molecule has 0 unspecified atom stereocenters. The van der Waals surface area contributed by atoms with Crippen molar-refractivity contribution in [3.63, 3.8) is 0 Å². The van der Waals surface area contributed by atoms with Gasteiger partial charge in [-0.1, -0.05) is 73.2 Å². The minimum Gasteiger partial charge on any atom is -0.503 e. The lowest BCUT2D eigenvalue weighted by Gasteiger charge is -2.51. The number of aliphatic hydroxyl groups is 2. The summed E-state index contributed by atoms with van der Waals surface area (Å²) >= 11 is 15.2. The van der Waals surface area contributed by atoms with Crippen LogP contribution in [0.4, 0.5) is 4.39 Å². The van der Waals surface area contributed by atoms with E-state index in [-0.39, 0.29) is 53.7 Å². The van der Waals surface area contributed by atoms with Crippen LogP contribution in [0, 0.1) is 16.6 Å². The molecule has 6 N–H and O–H groups in total. The molecule has 2 amide bonds. The monoisotopic (exact) mass is 956 g/mol. The lowest BCUT2D eigenvalue weighted by atomic mass is 9.59. The van der Waals surface area contributed by atoms with Gasteiger partial charge in [-0.25, -0.2) is 4.39 Å². The molecule has 62 heavy (non-hydrogen) atoms. The van der Waals surface area contributed by atoms with E-state index in [4.69, 9.17) is 23.2 Å². The first-order valence-electron chi connectivity index (χ1n) is 20.1. The van der Waals surface area contributed by atoms with Crippen LogP contribution in [0.3, 0.4) is 0 Å². The van der Waals surface area contributed by atoms with E-state index >= 15 is 0 Å². The number of carbonyl (C=O) groups is 4. The fourth-order valence-corrected chi connectivity index (χ4v) is 10.1. The van der Waals surface area contributed by atoms with Crippen LogP contribution >= 0.6 is 39.1 Å². The lowest BCUT2D eigenvalue weighted by Crippen LogP contribution is -2.60. The zero-order valence-electron chi connectivity index (χ0n) is 33.7. The highest BCUT2D eigenvalue weighted by molar-refractivity contribution is 9.10. The van der Waals surface area contributed by atoms with Gasteiger partial charge in [0, 0.05) is 35.5 Å². The maximum absolute atomic E-state index is 14.0. The van der Waals surface area contributed by atoms with Crippen molar-refractivity contribution in [1.29, 1.82) is 0 Å². The Morgan fingerprint density at radius 2 is 1.10 bits per heavy atom. The summed E-state index contributed by atoms with van der Waals surface area (Å²) in [5.74, 6) is -4.77. The molecule has 8 rings (SSSR count). The Kier molecular flexibility index (Phi) is 12.2. The van der Waals surface area contributed by atoms with Crippen molar-refractivity contribution in [3.8, 4) is 11.5 Å². The van der Waals surface area contributed by atoms with Gasteiger partial charge >= 0.3 is 0 Å². The number of hydrogen-bond donors (Lipinski definition) is 6. The SMILES string of the molecule is C[C@@]12CCCC[C@]1(O)Cn1cc(C(=O)NCc3cccc(Cl)c3Br)c(=O)c(O)c1C2=O.C[C@]12CCCC[C@@]1(O)Cn1cc(C(=O)NCc3cccc(Cl)c3F)c(=O)c(O)c1C2=O. The number of halogens is 4. The number of rotatable bonds is 6. The van der Waals surface area contributed by atoms with E-state index in [9.17, 15) is 53.6 Å². The van der Waals surface area contributed by atoms with Gasteiger partial charge in [0.05, 0.1) is 45.2 Å². The van der Waals surface area contributed by atoms with Crippen LogP contribution in [-0.2, 0) is 26.2 Å². The maximum Gasteiger partial charge on any atom is 0.257 e. The Morgan fingerprint density at radius 1 is 0.694 bits per heavy atom. The number of pyridine rings is 2. The maximum atomic E-state index is 14.0. The average Bonchev–Trinajstić information content (AvgIpc) is 3.23. The Morgan fingerprint density at radius 3 is 1.56 bits per heavy atom. The van der Waals surface area contributed by atoms with Crippen LogP contribution in [0.15, 0.2) is 62.9 Å². The Labute approximate surface area is 372 Å². The quantitative estimate of drug-likeness (QED) is 0.129. The first kappa shape index (κ1) is 45.2. The van der Waals surface area contributed by atoms with E-state index in [0.29, 0.717) is 40.7 Å². The van der Waals surface area contributed by atoms with Gasteiger partial charge in [-0.2, -0.15) is 0 Å². The van der Waals surface area contributed by atoms with E-state index in [1.807, 2.05) is 0 Å². The molecule has 14 nitrogen and oxygen atoms in total. The largest absolute Gasteiger partial charge is 0.503 e. The number of Topliss-reactive ketones (excluding diaryl/α,β-unsaturated/α-hetero) is 2. The summed E-state index contributed by atoms with van der Waals surface area (Å²) in [6.45, 7) is 3.21. The van der Waals surface area contributed by atoms with Crippen LogP contribution in [0.1, 0.15) is 118 Å². The number of aromatic nitrogens is 2. The minimum absolute atomic E-state index is 0.0262. The summed E-state index contributed by atoms with van der Waals surface area (Å²) in [6.07, 6.45) is 7.27. The molecule has 2 fully saturated rings. The van der Waals surface area contributed by atoms with Crippen LogP contribution in [-0.4, -0.2) is 64.1 Å². The summed E-state index contributed by atoms with van der Waals surface area (Å²) in [6, 6.07) is 9.55. The molecule has 4 aliphatic rings. The van der Waals surface area contributed by atoms with Gasteiger partial charge in [-0.15, -0.1) is 0 Å². The van der Waals surface area contributed by atoms with Crippen molar-refractivity contribution in [1.82, 2.24) is 19.8 Å². The van der Waals surface area contributed by atoms with Crippen molar-refractivity contribution in [2.24, 2.45) is 10.8 Å². The number of amides is 2. The molecule has 0 bridgehead atoms. The van der Waals surface area contributed by atoms with Crippen molar-refractivity contribution < 1.29 is 44.0 Å². The van der Waals surface area contributed by atoms with Crippen molar-refractivity contribution in [3.05, 3.63) is 123 Å². The summed E-state index contributed by atoms with van der Waals surface area (Å²) < 4.78 is 17.3. The molecule has 2 aromatic heterocycles. The Bertz CT molecular complexity index is 2510. The molecule has 0 spiro atoms. The number of nitrogens with zero attached hydrogens (tertiary/aromatic N) is 2. The topological polar surface area (TPSA) is 217 Å². The third kappa shape index (κ3) is 7.46. The Hall–Kier alpha value is -4.87. The smallest absolute Gasteiger partial charge is 0.257 e. The molecule has 4 atom stereocenters. The van der Waals surface area contributed by atoms with Gasteiger partial charge in [0.2, 0.25) is 10.9 Å². The predicted molar refractivity (Wildman–Crippen MR) is 229 cm³/mol. The predicted octanol–water partition coefficient (Wildman–Crippen LogP) is 6.19. The third-order valence-corrected chi connectivity index (χ3v) is 15.1. The molecule has 2 saturated carbocycles. The third-order valence-electron chi connectivity index (χ3n) is 13.3. The zero-order chi connectivity index (χ0) is 45.1. The number of fused-ring (bicyclic) bond motifs is 4. The van der Waals surface area contributed by atoms with Crippen LogP contribution in [0.25, 0.3) is 0 Å². The molecule has 2 aliphatic heterocycles. The molecule has 2 aliphatic carbocycles. The van der Waals surface area contributed by atoms with Crippen molar-refractivity contribution >= 4 is 62.5 Å². The summed E-state index contributed by atoms with van der Waals surface area (Å²) in [7, 11) is 0. The molecule has 0 radical (unpaired) electrons. The molecule has 2 aromatic carbocycles. The normalized spacial score (nSPS) is 25.0. The zero-order valence-corrected chi connectivity index (χ0v) is 36.8. The van der Waals surface area contributed by atoms with Crippen molar-refractivity contribution in [2.45, 2.75) is 103 Å². The minimum atomic E-state index is -1.34. The van der Waals surface area contributed by atoms with E-state index in [0.717, 1.165) is 25.7 Å². The second-order valence-electron chi connectivity index (χ2n) is 17.0. The average molecular weight is 959 g/mol. The lowest BCUT2D eigenvalue weighted by molar-refractivity contribution is -0.104. The van der Waals surface area contributed by atoms with Crippen molar-refractivity contribution in [2.75, 3.05) is 0 Å². The summed E-state index contributed by atoms with van der Waals surface area (Å²) in [5.41, 5.74) is -6.91. The number of carbonyl (C=O) groups excluding carboxylic acids is 4. The van der Waals surface area contributed by atoms with Gasteiger partial charge in [0.25, 0.3) is 11.8 Å². The van der Waals surface area contributed by atoms with E-state index in [1.165, 1.54) is 39.7 Å². The Balaban J connectivity index is 0.000000186. The number of benzene rings is 2. The second-order valence-corrected chi connectivity index (χ2v) is 18.6. The van der Waals surface area contributed by atoms with Gasteiger partial charge in [0.1, 0.15) is 28.3 Å². The molecular formula is C44H44BrCl2FN4O10. The highest BCUT2D eigenvalue weighted by atomic mass is 79.9. The fraction of sp³-hybridized carbons (Fsp3) is 0.409. The number of aromatic hydroxyl groups is 2. The first-order valence-corrected chi connectivity index (χ1v) is 21.6. The summed E-state index contributed by atoms with van der Waals surface area (Å²) in [5, 5.41) is 49.0. The van der Waals surface area contributed by atoms with E-state index in [2.05, 4.69) is 26.6 Å². The molecule has 18 heteroatoms. The van der Waals surface area contributed by atoms with E-state index in [1.54, 1.807) is 32.0 Å². The van der Waals surface area contributed by atoms with E-state index < -0.39 is 79.2 Å². The van der Waals surface area contributed by atoms with Crippen LogP contribution in [0.5, 0.6) is 11.5 Å². The highest BCUT2D eigenvalue weighted by Crippen LogP contribution is 2.52. The number of hydrogen-bond acceptors (Lipinski definition) is 10.